The fourth-order valence-corrected chi connectivity index (χ4v) is 4.49. The van der Waals surface area contributed by atoms with Gasteiger partial charge >= 0.3 is 12.1 Å². The number of aromatic nitrogens is 2. The Hall–Kier alpha value is -2.89. The minimum absolute atomic E-state index is 0.215. The van der Waals surface area contributed by atoms with Crippen LogP contribution in [0.15, 0.2) is 29.8 Å². The highest BCUT2D eigenvalue weighted by molar-refractivity contribution is 7.13. The molecule has 0 spiro atoms. The number of benzene rings is 1. The molecule has 168 valence electrons. The molecule has 31 heavy (non-hydrogen) atoms. The number of alkyl halides is 3. The first-order valence-corrected chi connectivity index (χ1v) is 10.3. The van der Waals surface area contributed by atoms with Crippen LogP contribution < -0.4 is 9.64 Å². The minimum atomic E-state index is -5.08. The summed E-state index contributed by atoms with van der Waals surface area (Å²) in [5.41, 5.74) is 2.80. The lowest BCUT2D eigenvalue weighted by Gasteiger charge is -2.25. The highest BCUT2D eigenvalue weighted by Crippen LogP contribution is 2.35. The van der Waals surface area contributed by atoms with E-state index in [0.29, 0.717) is 18.5 Å². The average molecular weight is 458 g/mol. The fraction of sp³-hybridized carbons (Fsp3) is 0.474. The van der Waals surface area contributed by atoms with Crippen LogP contribution in [0.25, 0.3) is 0 Å². The molecule has 12 heteroatoms. The van der Waals surface area contributed by atoms with E-state index in [2.05, 4.69) is 20.0 Å². The molecule has 2 aromatic rings. The van der Waals surface area contributed by atoms with Gasteiger partial charge in [0.25, 0.3) is 0 Å². The Bertz CT molecular complexity index is 893. The van der Waals surface area contributed by atoms with Crippen molar-refractivity contribution in [1.29, 1.82) is 0 Å². The van der Waals surface area contributed by atoms with Gasteiger partial charge in [-0.1, -0.05) is 23.5 Å². The number of hydrogen-bond donors (Lipinski definition) is 1. The maximum absolute atomic E-state index is 12.8. The van der Waals surface area contributed by atoms with Gasteiger partial charge in [-0.25, -0.2) is 4.79 Å². The predicted octanol–water partition coefficient (Wildman–Crippen LogP) is 2.60. The molecule has 3 heterocycles. The van der Waals surface area contributed by atoms with E-state index in [0.717, 1.165) is 42.4 Å². The number of aliphatic carboxylic acids is 1. The van der Waals surface area contributed by atoms with Crippen LogP contribution in [0.1, 0.15) is 18.4 Å². The summed E-state index contributed by atoms with van der Waals surface area (Å²) in [6, 6.07) is 8.43. The molecule has 1 amide bonds. The van der Waals surface area contributed by atoms with Crippen LogP contribution in [-0.4, -0.2) is 70.5 Å². The molecule has 1 N–H and O–H groups in total. The van der Waals surface area contributed by atoms with Gasteiger partial charge in [0.2, 0.25) is 11.0 Å². The van der Waals surface area contributed by atoms with Crippen molar-refractivity contribution >= 4 is 28.3 Å². The Labute approximate surface area is 180 Å². The van der Waals surface area contributed by atoms with Crippen LogP contribution in [-0.2, 0) is 16.0 Å². The number of nitrogens with zero attached hydrogens (tertiary/aromatic N) is 4. The largest absolute Gasteiger partial charge is 0.497 e. The Morgan fingerprint density at radius 1 is 1.19 bits per heavy atom. The van der Waals surface area contributed by atoms with E-state index in [1.54, 1.807) is 24.0 Å². The third-order valence-electron chi connectivity index (χ3n) is 5.25. The summed E-state index contributed by atoms with van der Waals surface area (Å²) in [7, 11) is 1.65. The summed E-state index contributed by atoms with van der Waals surface area (Å²) in [6.07, 6.45) is -2.61. The molecule has 2 aliphatic heterocycles. The number of likely N-dealkylation sites (tertiary alicyclic amines) is 1. The minimum Gasteiger partial charge on any atom is -0.497 e. The molecule has 0 unspecified atom stereocenters. The van der Waals surface area contributed by atoms with Crippen LogP contribution in [0.3, 0.4) is 0 Å². The molecule has 2 atom stereocenters. The molecule has 1 aromatic heterocycles. The van der Waals surface area contributed by atoms with Crippen molar-refractivity contribution in [1.82, 2.24) is 15.1 Å². The molecule has 2 saturated heterocycles. The number of carboxylic acids is 1. The third-order valence-corrected chi connectivity index (χ3v) is 5.97. The van der Waals surface area contributed by atoms with Crippen LogP contribution in [0.2, 0.25) is 0 Å². The van der Waals surface area contributed by atoms with Gasteiger partial charge in [0.15, 0.2) is 0 Å². The lowest BCUT2D eigenvalue weighted by atomic mass is 10.1. The zero-order chi connectivity index (χ0) is 22.6. The number of amides is 1. The molecule has 4 rings (SSSR count). The first-order valence-electron chi connectivity index (χ1n) is 9.46. The van der Waals surface area contributed by atoms with Crippen LogP contribution in [0, 0.1) is 0 Å². The first kappa shape index (κ1) is 22.8. The summed E-state index contributed by atoms with van der Waals surface area (Å²) in [5, 5.41) is 16.2. The lowest BCUT2D eigenvalue weighted by Crippen LogP contribution is -2.40. The monoisotopic (exact) mass is 458 g/mol. The molecule has 2 fully saturated rings. The van der Waals surface area contributed by atoms with Crippen LogP contribution in [0.4, 0.5) is 18.3 Å². The second kappa shape index (κ2) is 9.50. The van der Waals surface area contributed by atoms with Crippen molar-refractivity contribution in [3.63, 3.8) is 0 Å². The molecule has 0 bridgehead atoms. The van der Waals surface area contributed by atoms with Gasteiger partial charge in [0, 0.05) is 13.1 Å². The molecule has 8 nitrogen and oxygen atoms in total. The van der Waals surface area contributed by atoms with E-state index in [1.165, 1.54) is 0 Å². The van der Waals surface area contributed by atoms with E-state index in [1.807, 2.05) is 24.3 Å². The summed E-state index contributed by atoms with van der Waals surface area (Å²) in [4.78, 5) is 26.0. The van der Waals surface area contributed by atoms with E-state index in [-0.39, 0.29) is 5.91 Å². The van der Waals surface area contributed by atoms with Gasteiger partial charge in [-0.3, -0.25) is 4.79 Å². The Kier molecular flexibility index (Phi) is 6.98. The van der Waals surface area contributed by atoms with Gasteiger partial charge < -0.3 is 19.6 Å². The number of carbonyl (C=O) groups is 2. The van der Waals surface area contributed by atoms with E-state index in [4.69, 9.17) is 14.6 Å². The number of carboxylic acid groups (broad SMARTS) is 1. The molecular formula is C19H21F3N4O4S. The highest BCUT2D eigenvalue weighted by Gasteiger charge is 2.45. The maximum Gasteiger partial charge on any atom is 0.490 e. The Morgan fingerprint density at radius 3 is 2.39 bits per heavy atom. The average Bonchev–Trinajstić information content (AvgIpc) is 3.45. The molecule has 1 aromatic carbocycles. The second-order valence-corrected chi connectivity index (χ2v) is 7.85. The summed E-state index contributed by atoms with van der Waals surface area (Å²) in [6.45, 7) is 1.79. The van der Waals surface area contributed by atoms with Crippen LogP contribution in [0.5, 0.6) is 5.75 Å². The predicted molar refractivity (Wildman–Crippen MR) is 106 cm³/mol. The molecule has 0 saturated carbocycles. The summed E-state index contributed by atoms with van der Waals surface area (Å²) >= 11 is 1.57. The number of halogens is 3. The quantitative estimate of drug-likeness (QED) is 0.753. The highest BCUT2D eigenvalue weighted by atomic mass is 32.1. The van der Waals surface area contributed by atoms with Gasteiger partial charge in [0.1, 0.15) is 11.3 Å². The third kappa shape index (κ3) is 5.43. The smallest absolute Gasteiger partial charge is 0.490 e. The van der Waals surface area contributed by atoms with Gasteiger partial charge in [0.05, 0.1) is 25.6 Å². The molecule has 0 aliphatic carbocycles. The van der Waals surface area contributed by atoms with Gasteiger partial charge in [-0.05, 0) is 30.5 Å². The topological polar surface area (TPSA) is 95.9 Å². The number of methoxy groups -OCH3 is 1. The van der Waals surface area contributed by atoms with Crippen molar-refractivity contribution in [2.24, 2.45) is 0 Å². The van der Waals surface area contributed by atoms with Crippen molar-refractivity contribution in [2.45, 2.75) is 37.5 Å². The number of fused-ring (bicyclic) bond motifs is 1. The van der Waals surface area contributed by atoms with Crippen molar-refractivity contribution in [3.8, 4) is 5.75 Å². The normalized spacial score (nSPS) is 20.1. The number of anilines is 1. The fourth-order valence-electron chi connectivity index (χ4n) is 3.85. The zero-order valence-electron chi connectivity index (χ0n) is 16.6. The zero-order valence-corrected chi connectivity index (χ0v) is 17.4. The lowest BCUT2D eigenvalue weighted by molar-refractivity contribution is -0.192. The van der Waals surface area contributed by atoms with Gasteiger partial charge in [-0.15, -0.1) is 10.2 Å². The SMILES string of the molecule is COc1ccc(CC(=O)N2CC[C@H]3[C@H]2CCN3c2nncs2)cc1.O=C(O)C(F)(F)F. The Balaban J connectivity index is 0.000000339. The summed E-state index contributed by atoms with van der Waals surface area (Å²) < 4.78 is 36.9. The summed E-state index contributed by atoms with van der Waals surface area (Å²) in [5.74, 6) is -1.73. The second-order valence-electron chi connectivity index (χ2n) is 7.04. The van der Waals surface area contributed by atoms with Crippen LogP contribution >= 0.6 is 11.3 Å². The van der Waals surface area contributed by atoms with Crippen molar-refractivity contribution in [3.05, 3.63) is 35.3 Å². The molecule has 2 aliphatic rings. The Morgan fingerprint density at radius 2 is 1.84 bits per heavy atom. The number of hydrogen-bond acceptors (Lipinski definition) is 7. The first-order chi connectivity index (χ1) is 14.7. The van der Waals surface area contributed by atoms with Crippen molar-refractivity contribution < 1.29 is 32.6 Å². The van der Waals surface area contributed by atoms with E-state index >= 15 is 0 Å². The molecular weight excluding hydrogens is 437 g/mol. The number of ether oxygens (including phenoxy) is 1. The number of rotatable bonds is 4. The van der Waals surface area contributed by atoms with Gasteiger partial charge in [-0.2, -0.15) is 13.2 Å². The standard InChI is InChI=1S/C17H20N4O2S.C2HF3O2/c1-23-13-4-2-12(3-5-13)10-16(22)20-8-6-15-14(20)7-9-21(15)17-19-18-11-24-17;3-2(4,5)1(6)7/h2-5,11,14-15H,6-10H2,1H3;(H,6,7)/t14-,15+;/m1./s1. The molecule has 0 radical (unpaired) electrons. The maximum atomic E-state index is 12.8. The van der Waals surface area contributed by atoms with E-state index < -0.39 is 12.1 Å². The van der Waals surface area contributed by atoms with E-state index in [9.17, 15) is 18.0 Å². The van der Waals surface area contributed by atoms with Crippen molar-refractivity contribution in [2.75, 3.05) is 25.1 Å². The number of carbonyl (C=O) groups excluding carboxylic acids is 1.